The Balaban J connectivity index is 1.87. The zero-order valence-electron chi connectivity index (χ0n) is 10.7. The number of aryl methyl sites for hydroxylation is 1. The average Bonchev–Trinajstić information content (AvgIpc) is 2.80. The molecule has 2 aromatic heterocycles. The topological polar surface area (TPSA) is 37.8 Å². The lowest BCUT2D eigenvalue weighted by atomic mass is 10.2. The molecular weight excluding hydrogens is 280 g/mol. The zero-order valence-corrected chi connectivity index (χ0v) is 11.5. The van der Waals surface area contributed by atoms with Gasteiger partial charge in [-0.1, -0.05) is 6.07 Å². The van der Waals surface area contributed by atoms with E-state index in [2.05, 4.69) is 15.3 Å². The highest BCUT2D eigenvalue weighted by Gasteiger charge is 2.09. The first kappa shape index (κ1) is 12.9. The van der Waals surface area contributed by atoms with Crippen LogP contribution in [0.4, 0.5) is 14.6 Å². The van der Waals surface area contributed by atoms with Crippen molar-refractivity contribution in [1.82, 2.24) is 9.97 Å². The highest BCUT2D eigenvalue weighted by atomic mass is 32.1. The van der Waals surface area contributed by atoms with E-state index in [1.807, 2.05) is 12.3 Å². The number of thiophene rings is 1. The van der Waals surface area contributed by atoms with Gasteiger partial charge in [-0.2, -0.15) is 0 Å². The van der Waals surface area contributed by atoms with Crippen LogP contribution in [0.3, 0.4) is 0 Å². The Kier molecular flexibility index (Phi) is 3.31. The van der Waals surface area contributed by atoms with E-state index in [0.717, 1.165) is 21.8 Å². The van der Waals surface area contributed by atoms with E-state index in [9.17, 15) is 8.78 Å². The summed E-state index contributed by atoms with van der Waals surface area (Å²) in [4.78, 5) is 8.40. The number of nitrogens with zero attached hydrogens (tertiary/aromatic N) is 2. The molecule has 3 rings (SSSR count). The van der Waals surface area contributed by atoms with Gasteiger partial charge < -0.3 is 5.32 Å². The van der Waals surface area contributed by atoms with E-state index >= 15 is 0 Å². The number of anilines is 1. The molecule has 20 heavy (non-hydrogen) atoms. The Hall–Kier alpha value is -2.08. The van der Waals surface area contributed by atoms with Crippen molar-refractivity contribution in [3.05, 3.63) is 52.7 Å². The molecule has 1 aromatic carbocycles. The summed E-state index contributed by atoms with van der Waals surface area (Å²) in [6.07, 6.45) is 1.48. The molecule has 0 saturated heterocycles. The average molecular weight is 291 g/mol. The van der Waals surface area contributed by atoms with Gasteiger partial charge in [0.05, 0.1) is 10.2 Å². The van der Waals surface area contributed by atoms with E-state index in [1.54, 1.807) is 11.3 Å². The molecule has 0 spiro atoms. The van der Waals surface area contributed by atoms with Crippen molar-refractivity contribution in [2.24, 2.45) is 0 Å². The maximum absolute atomic E-state index is 13.6. The molecule has 0 fully saturated rings. The predicted octanol–water partition coefficient (Wildman–Crippen LogP) is 3.89. The Bertz CT molecular complexity index is 770. The van der Waals surface area contributed by atoms with Crippen molar-refractivity contribution >= 4 is 27.4 Å². The molecule has 0 atom stereocenters. The SMILES string of the molecule is Cc1csc2c(NCc3ccc(F)cc3F)ncnc12. The molecule has 0 aliphatic carbocycles. The van der Waals surface area contributed by atoms with E-state index < -0.39 is 11.6 Å². The Morgan fingerprint density at radius 2 is 2.10 bits per heavy atom. The van der Waals surface area contributed by atoms with Crippen LogP contribution in [0, 0.1) is 18.6 Å². The fourth-order valence-corrected chi connectivity index (χ4v) is 2.91. The van der Waals surface area contributed by atoms with Gasteiger partial charge in [0.1, 0.15) is 23.8 Å². The Morgan fingerprint density at radius 3 is 2.90 bits per heavy atom. The van der Waals surface area contributed by atoms with Gasteiger partial charge in [0.2, 0.25) is 0 Å². The van der Waals surface area contributed by atoms with Crippen molar-refractivity contribution in [3.63, 3.8) is 0 Å². The molecule has 0 bridgehead atoms. The highest BCUT2D eigenvalue weighted by molar-refractivity contribution is 7.18. The van der Waals surface area contributed by atoms with Crippen molar-refractivity contribution in [3.8, 4) is 0 Å². The first-order valence-corrected chi connectivity index (χ1v) is 6.89. The van der Waals surface area contributed by atoms with Crippen molar-refractivity contribution in [2.75, 3.05) is 5.32 Å². The second-order valence-corrected chi connectivity index (χ2v) is 5.29. The first-order valence-electron chi connectivity index (χ1n) is 6.02. The summed E-state index contributed by atoms with van der Waals surface area (Å²) in [5, 5.41) is 5.08. The lowest BCUT2D eigenvalue weighted by Gasteiger charge is -2.07. The number of benzene rings is 1. The summed E-state index contributed by atoms with van der Waals surface area (Å²) in [7, 11) is 0. The maximum atomic E-state index is 13.6. The fourth-order valence-electron chi connectivity index (χ4n) is 1.94. The number of hydrogen-bond acceptors (Lipinski definition) is 4. The fraction of sp³-hybridized carbons (Fsp3) is 0.143. The number of aromatic nitrogens is 2. The second kappa shape index (κ2) is 5.13. The van der Waals surface area contributed by atoms with Crippen LogP contribution >= 0.6 is 11.3 Å². The van der Waals surface area contributed by atoms with Gasteiger partial charge in [0.15, 0.2) is 0 Å². The number of nitrogens with one attached hydrogen (secondary N) is 1. The van der Waals surface area contributed by atoms with Crippen LogP contribution in [0.1, 0.15) is 11.1 Å². The number of hydrogen-bond donors (Lipinski definition) is 1. The quantitative estimate of drug-likeness (QED) is 0.795. The van der Waals surface area contributed by atoms with Crippen LogP contribution in [-0.2, 0) is 6.54 Å². The minimum absolute atomic E-state index is 0.245. The van der Waals surface area contributed by atoms with Gasteiger partial charge in [0.25, 0.3) is 0 Å². The summed E-state index contributed by atoms with van der Waals surface area (Å²) in [5.41, 5.74) is 2.38. The molecule has 0 saturated carbocycles. The molecule has 3 aromatic rings. The number of rotatable bonds is 3. The lowest BCUT2D eigenvalue weighted by molar-refractivity contribution is 0.574. The van der Waals surface area contributed by atoms with Gasteiger partial charge in [-0.3, -0.25) is 0 Å². The molecule has 0 radical (unpaired) electrons. The molecule has 0 aliphatic heterocycles. The third kappa shape index (κ3) is 2.34. The largest absolute Gasteiger partial charge is 0.365 e. The monoisotopic (exact) mass is 291 g/mol. The third-order valence-electron chi connectivity index (χ3n) is 2.99. The normalized spacial score (nSPS) is 10.9. The smallest absolute Gasteiger partial charge is 0.147 e. The van der Waals surface area contributed by atoms with Crippen LogP contribution in [0.5, 0.6) is 0 Å². The van der Waals surface area contributed by atoms with Crippen LogP contribution in [0.2, 0.25) is 0 Å². The third-order valence-corrected chi connectivity index (χ3v) is 4.09. The molecule has 2 heterocycles. The summed E-state index contributed by atoms with van der Waals surface area (Å²) in [5.74, 6) is -0.480. The van der Waals surface area contributed by atoms with Crippen molar-refractivity contribution in [2.45, 2.75) is 13.5 Å². The van der Waals surface area contributed by atoms with E-state index in [0.29, 0.717) is 11.4 Å². The first-order chi connectivity index (χ1) is 9.65. The molecule has 0 unspecified atom stereocenters. The summed E-state index contributed by atoms with van der Waals surface area (Å²) in [6.45, 7) is 2.23. The number of fused-ring (bicyclic) bond motifs is 1. The lowest BCUT2D eigenvalue weighted by Crippen LogP contribution is -2.04. The van der Waals surface area contributed by atoms with E-state index in [1.165, 1.54) is 18.5 Å². The van der Waals surface area contributed by atoms with E-state index in [-0.39, 0.29) is 6.54 Å². The standard InChI is InChI=1S/C14H11F2N3S/c1-8-6-20-13-12(8)18-7-19-14(13)17-5-9-2-3-10(15)4-11(9)16/h2-4,6-7H,5H2,1H3,(H,17,18,19). The summed E-state index contributed by atoms with van der Waals surface area (Å²) in [6, 6.07) is 3.54. The summed E-state index contributed by atoms with van der Waals surface area (Å²) < 4.78 is 27.3. The van der Waals surface area contributed by atoms with Crippen molar-refractivity contribution < 1.29 is 8.78 Å². The van der Waals surface area contributed by atoms with Crippen LogP contribution in [0.25, 0.3) is 10.2 Å². The van der Waals surface area contributed by atoms with Crippen LogP contribution < -0.4 is 5.32 Å². The Labute approximate surface area is 118 Å². The van der Waals surface area contributed by atoms with Gasteiger partial charge in [-0.25, -0.2) is 18.7 Å². The molecule has 0 aliphatic rings. The predicted molar refractivity (Wildman–Crippen MR) is 75.8 cm³/mol. The molecule has 3 nitrogen and oxygen atoms in total. The van der Waals surface area contributed by atoms with Crippen molar-refractivity contribution in [1.29, 1.82) is 0 Å². The van der Waals surface area contributed by atoms with Gasteiger partial charge in [-0.05, 0) is 23.9 Å². The van der Waals surface area contributed by atoms with Gasteiger partial charge in [0, 0.05) is 18.2 Å². The highest BCUT2D eigenvalue weighted by Crippen LogP contribution is 2.28. The maximum Gasteiger partial charge on any atom is 0.147 e. The molecule has 6 heteroatoms. The van der Waals surface area contributed by atoms with Crippen LogP contribution in [-0.4, -0.2) is 9.97 Å². The minimum Gasteiger partial charge on any atom is -0.365 e. The van der Waals surface area contributed by atoms with Gasteiger partial charge >= 0.3 is 0 Å². The van der Waals surface area contributed by atoms with E-state index in [4.69, 9.17) is 0 Å². The molecule has 0 amide bonds. The minimum atomic E-state index is -0.579. The Morgan fingerprint density at radius 1 is 1.25 bits per heavy atom. The van der Waals surface area contributed by atoms with Gasteiger partial charge in [-0.15, -0.1) is 11.3 Å². The summed E-state index contributed by atoms with van der Waals surface area (Å²) >= 11 is 1.54. The zero-order chi connectivity index (χ0) is 14.1. The molecular formula is C14H11F2N3S. The molecule has 102 valence electrons. The number of halogens is 2. The molecule has 1 N–H and O–H groups in total. The second-order valence-electron chi connectivity index (χ2n) is 4.41. The van der Waals surface area contributed by atoms with Crippen LogP contribution in [0.15, 0.2) is 29.9 Å².